The molecule has 11 nitrogen and oxygen atoms in total. The number of ether oxygens (including phenoxy) is 2. The number of nitrogens with one attached hydrogen (secondary N) is 2. The Morgan fingerprint density at radius 3 is 2.65 bits per heavy atom. The smallest absolute Gasteiger partial charge is 0.350 e. The van der Waals surface area contributed by atoms with Crippen molar-refractivity contribution in [3.8, 4) is 11.5 Å². The van der Waals surface area contributed by atoms with Crippen LogP contribution < -0.4 is 10.2 Å². The molecule has 1 amide bonds. The number of aryl methyl sites for hydroxylation is 2. The van der Waals surface area contributed by atoms with Gasteiger partial charge in [-0.25, -0.2) is 19.4 Å². The molecule has 4 rings (SSSR count). The number of halogens is 2. The van der Waals surface area contributed by atoms with E-state index in [1.54, 1.807) is 25.8 Å². The molecule has 0 aliphatic carbocycles. The summed E-state index contributed by atoms with van der Waals surface area (Å²) in [5, 5.41) is 8.20. The van der Waals surface area contributed by atoms with Crippen molar-refractivity contribution in [3.63, 3.8) is 0 Å². The summed E-state index contributed by atoms with van der Waals surface area (Å²) in [6, 6.07) is -0.259. The molecule has 4 heterocycles. The SMILES string of the molecule is COC(=O)c1sc(N2CCC(NC(=O)c3[nH]c(C)c(Cl)c3Cl)C(OC)C2)nc1-c1ncnn1C. The average Bonchev–Trinajstić information content (AvgIpc) is 3.52. The van der Waals surface area contributed by atoms with Crippen LogP contribution in [0.4, 0.5) is 5.13 Å². The van der Waals surface area contributed by atoms with Gasteiger partial charge in [0, 0.05) is 32.9 Å². The molecule has 1 aliphatic heterocycles. The van der Waals surface area contributed by atoms with Crippen molar-refractivity contribution in [3.05, 3.63) is 32.6 Å². The second kappa shape index (κ2) is 9.90. The van der Waals surface area contributed by atoms with Gasteiger partial charge in [0.25, 0.3) is 5.91 Å². The van der Waals surface area contributed by atoms with Crippen molar-refractivity contribution in [1.82, 2.24) is 30.0 Å². The van der Waals surface area contributed by atoms with Crippen LogP contribution in [0.1, 0.15) is 32.3 Å². The largest absolute Gasteiger partial charge is 0.465 e. The lowest BCUT2D eigenvalue weighted by Crippen LogP contribution is -2.55. The van der Waals surface area contributed by atoms with E-state index in [-0.39, 0.29) is 28.8 Å². The highest BCUT2D eigenvalue weighted by Crippen LogP contribution is 2.34. The Morgan fingerprint density at radius 2 is 2.06 bits per heavy atom. The number of piperidine rings is 1. The molecule has 182 valence electrons. The molecule has 1 aliphatic rings. The summed E-state index contributed by atoms with van der Waals surface area (Å²) in [6.45, 7) is 2.77. The number of carbonyl (C=O) groups excluding carboxylic acids is 2. The van der Waals surface area contributed by atoms with Gasteiger partial charge in [0.05, 0.1) is 29.3 Å². The van der Waals surface area contributed by atoms with Gasteiger partial charge in [-0.2, -0.15) is 5.10 Å². The molecule has 1 fully saturated rings. The molecule has 34 heavy (non-hydrogen) atoms. The minimum atomic E-state index is -0.496. The van der Waals surface area contributed by atoms with E-state index < -0.39 is 5.97 Å². The second-order valence-corrected chi connectivity index (χ2v) is 9.45. The molecule has 14 heteroatoms. The number of methoxy groups -OCH3 is 2. The lowest BCUT2D eigenvalue weighted by Gasteiger charge is -2.37. The molecule has 3 aromatic rings. The Labute approximate surface area is 209 Å². The van der Waals surface area contributed by atoms with Gasteiger partial charge >= 0.3 is 5.97 Å². The molecule has 2 unspecified atom stereocenters. The molecular formula is C20H23Cl2N7O4S. The minimum Gasteiger partial charge on any atom is -0.465 e. The van der Waals surface area contributed by atoms with Gasteiger partial charge in [0.15, 0.2) is 11.0 Å². The summed E-state index contributed by atoms with van der Waals surface area (Å²) in [4.78, 5) is 39.4. The zero-order chi connectivity index (χ0) is 24.6. The fourth-order valence-corrected chi connectivity index (χ4v) is 5.23. The van der Waals surface area contributed by atoms with Crippen molar-refractivity contribution >= 4 is 51.5 Å². The maximum atomic E-state index is 12.8. The van der Waals surface area contributed by atoms with Gasteiger partial charge in [0.2, 0.25) is 0 Å². The molecule has 2 atom stereocenters. The number of carbonyl (C=O) groups is 2. The first-order valence-corrected chi connectivity index (χ1v) is 11.9. The van der Waals surface area contributed by atoms with Gasteiger partial charge in [-0.1, -0.05) is 34.5 Å². The molecule has 2 N–H and O–H groups in total. The first-order valence-electron chi connectivity index (χ1n) is 10.3. The highest BCUT2D eigenvalue weighted by molar-refractivity contribution is 7.17. The Balaban J connectivity index is 1.53. The van der Waals surface area contributed by atoms with Crippen LogP contribution in [0, 0.1) is 6.92 Å². The van der Waals surface area contributed by atoms with E-state index in [4.69, 9.17) is 32.7 Å². The van der Waals surface area contributed by atoms with E-state index in [0.29, 0.717) is 51.8 Å². The van der Waals surface area contributed by atoms with E-state index in [1.807, 2.05) is 4.90 Å². The Bertz CT molecular complexity index is 1220. The zero-order valence-corrected chi connectivity index (χ0v) is 21.2. The van der Waals surface area contributed by atoms with Crippen LogP contribution in [0.25, 0.3) is 11.5 Å². The van der Waals surface area contributed by atoms with Gasteiger partial charge in [-0.05, 0) is 13.3 Å². The number of hydrogen-bond donors (Lipinski definition) is 2. The van der Waals surface area contributed by atoms with Crippen LogP contribution in [0.5, 0.6) is 0 Å². The average molecular weight is 528 g/mol. The summed E-state index contributed by atoms with van der Waals surface area (Å²) in [5.74, 6) is -0.388. The summed E-state index contributed by atoms with van der Waals surface area (Å²) < 4.78 is 12.2. The first-order chi connectivity index (χ1) is 16.2. The lowest BCUT2D eigenvalue weighted by atomic mass is 10.0. The standard InChI is InChI=1S/C20H23Cl2N7O4S/c1-9-12(21)13(22)14(25-9)18(30)26-10-5-6-29(7-11(10)32-3)20-27-15(16(34-20)19(31)33-4)17-23-8-24-28(17)2/h8,10-11,25H,5-7H2,1-4H3,(H,26,30). The maximum Gasteiger partial charge on any atom is 0.350 e. The fourth-order valence-electron chi connectivity index (χ4n) is 3.80. The van der Waals surface area contributed by atoms with Gasteiger partial charge in [0.1, 0.15) is 22.6 Å². The van der Waals surface area contributed by atoms with Gasteiger partial charge in [-0.15, -0.1) is 0 Å². The molecule has 0 aromatic carbocycles. The van der Waals surface area contributed by atoms with E-state index in [1.165, 1.54) is 24.8 Å². The van der Waals surface area contributed by atoms with E-state index >= 15 is 0 Å². The quantitative estimate of drug-likeness (QED) is 0.468. The minimum absolute atomic E-state index is 0.192. The number of H-pyrrole nitrogens is 1. The number of thiazole rings is 1. The van der Waals surface area contributed by atoms with Crippen LogP contribution in [0.15, 0.2) is 6.33 Å². The Kier molecular flexibility index (Phi) is 7.12. The predicted octanol–water partition coefficient (Wildman–Crippen LogP) is 2.69. The molecule has 0 bridgehead atoms. The van der Waals surface area contributed by atoms with Crippen LogP contribution in [-0.4, -0.2) is 76.1 Å². The van der Waals surface area contributed by atoms with E-state index in [0.717, 1.165) is 0 Å². The molecule has 0 saturated carbocycles. The van der Waals surface area contributed by atoms with Crippen LogP contribution >= 0.6 is 34.5 Å². The van der Waals surface area contributed by atoms with Crippen molar-refractivity contribution in [2.24, 2.45) is 7.05 Å². The first kappa shape index (κ1) is 24.5. The number of nitrogens with zero attached hydrogens (tertiary/aromatic N) is 5. The molecule has 3 aromatic heterocycles. The summed E-state index contributed by atoms with van der Waals surface area (Å²) >= 11 is 13.5. The second-order valence-electron chi connectivity index (χ2n) is 7.71. The molecular weight excluding hydrogens is 505 g/mol. The van der Waals surface area contributed by atoms with Crippen molar-refractivity contribution in [2.75, 3.05) is 32.2 Å². The Morgan fingerprint density at radius 1 is 1.29 bits per heavy atom. The number of anilines is 1. The number of aromatic amines is 1. The fraction of sp³-hybridized carbons (Fsp3) is 0.450. The monoisotopic (exact) mass is 527 g/mol. The summed E-state index contributed by atoms with van der Waals surface area (Å²) in [7, 11) is 4.63. The van der Waals surface area contributed by atoms with Crippen molar-refractivity contribution in [2.45, 2.75) is 25.5 Å². The number of hydrogen-bond acceptors (Lipinski definition) is 9. The Hall–Kier alpha value is -2.67. The van der Waals surface area contributed by atoms with Crippen LogP contribution in [0.3, 0.4) is 0 Å². The highest BCUT2D eigenvalue weighted by atomic mass is 35.5. The number of esters is 1. The zero-order valence-electron chi connectivity index (χ0n) is 18.9. The molecule has 0 spiro atoms. The third-order valence-corrected chi connectivity index (χ3v) is 7.68. The van der Waals surface area contributed by atoms with Gasteiger partial charge in [-0.3, -0.25) is 4.79 Å². The third kappa shape index (κ3) is 4.50. The van der Waals surface area contributed by atoms with Crippen LogP contribution in [0.2, 0.25) is 10.0 Å². The molecule has 1 saturated heterocycles. The number of rotatable bonds is 6. The highest BCUT2D eigenvalue weighted by Gasteiger charge is 2.34. The topological polar surface area (TPSA) is 127 Å². The van der Waals surface area contributed by atoms with Gasteiger partial charge < -0.3 is 24.7 Å². The van der Waals surface area contributed by atoms with E-state index in [2.05, 4.69) is 25.4 Å². The lowest BCUT2D eigenvalue weighted by molar-refractivity contribution is 0.0540. The normalized spacial score (nSPS) is 18.2. The number of amides is 1. The van der Waals surface area contributed by atoms with Crippen LogP contribution in [-0.2, 0) is 16.5 Å². The van der Waals surface area contributed by atoms with Crippen molar-refractivity contribution in [1.29, 1.82) is 0 Å². The molecule has 0 radical (unpaired) electrons. The predicted molar refractivity (Wildman–Crippen MR) is 128 cm³/mol. The maximum absolute atomic E-state index is 12.8. The van der Waals surface area contributed by atoms with E-state index in [9.17, 15) is 9.59 Å². The summed E-state index contributed by atoms with van der Waals surface area (Å²) in [6.07, 6.45) is 1.66. The summed E-state index contributed by atoms with van der Waals surface area (Å²) in [5.41, 5.74) is 1.25. The van der Waals surface area contributed by atoms with Crippen molar-refractivity contribution < 1.29 is 19.1 Å². The third-order valence-electron chi connectivity index (χ3n) is 5.64. The number of aromatic nitrogens is 5.